The van der Waals surface area contributed by atoms with E-state index in [9.17, 15) is 0 Å². The highest BCUT2D eigenvalue weighted by Gasteiger charge is 2.15. The zero-order chi connectivity index (χ0) is 6.97. The van der Waals surface area contributed by atoms with E-state index in [2.05, 4.69) is 10.2 Å². The number of nitrogens with one attached hydrogen (secondary N) is 1. The molecule has 0 spiro atoms. The van der Waals surface area contributed by atoms with Crippen LogP contribution in [0.4, 0.5) is 0 Å². The van der Waals surface area contributed by atoms with Gasteiger partial charge in [0, 0.05) is 11.7 Å². The van der Waals surface area contributed by atoms with Gasteiger partial charge in [-0.1, -0.05) is 0 Å². The lowest BCUT2D eigenvalue weighted by Crippen LogP contribution is -2.27. The number of aromatic nitrogens is 2. The Kier molecular flexibility index (Phi) is 2.52. The van der Waals surface area contributed by atoms with Gasteiger partial charge in [0.25, 0.3) is 0 Å². The van der Waals surface area contributed by atoms with Crippen molar-refractivity contribution < 1.29 is 0 Å². The first-order valence-electron chi connectivity index (χ1n) is 3.63. The van der Waals surface area contributed by atoms with E-state index in [1.807, 2.05) is 6.20 Å². The number of hydrogen-bond acceptors (Lipinski definition) is 2. The van der Waals surface area contributed by atoms with Crippen LogP contribution in [0.3, 0.4) is 0 Å². The molecule has 4 heteroatoms. The Labute approximate surface area is 71.8 Å². The topological polar surface area (TPSA) is 54.7 Å². The molecule has 1 aromatic heterocycles. The molecular formula is C7H12ClN3. The number of H-pyrrole nitrogens is 1. The van der Waals surface area contributed by atoms with Crippen LogP contribution in [0.15, 0.2) is 6.20 Å². The van der Waals surface area contributed by atoms with Gasteiger partial charge >= 0.3 is 0 Å². The van der Waals surface area contributed by atoms with Crippen molar-refractivity contribution in [1.29, 1.82) is 0 Å². The Morgan fingerprint density at radius 1 is 1.64 bits per heavy atom. The number of aryl methyl sites for hydroxylation is 1. The highest BCUT2D eigenvalue weighted by atomic mass is 35.5. The van der Waals surface area contributed by atoms with Crippen LogP contribution in [-0.2, 0) is 12.8 Å². The fraction of sp³-hybridized carbons (Fsp3) is 0.571. The van der Waals surface area contributed by atoms with Crippen LogP contribution in [0.5, 0.6) is 0 Å². The molecule has 0 saturated heterocycles. The molecule has 0 aromatic carbocycles. The Morgan fingerprint density at radius 2 is 2.45 bits per heavy atom. The summed E-state index contributed by atoms with van der Waals surface area (Å²) >= 11 is 0. The Balaban J connectivity index is 0.000000605. The molecular weight excluding hydrogens is 162 g/mol. The summed E-state index contributed by atoms with van der Waals surface area (Å²) in [7, 11) is 0. The van der Waals surface area contributed by atoms with Crippen LogP contribution in [0, 0.1) is 0 Å². The third-order valence-corrected chi connectivity index (χ3v) is 2.05. The predicted molar refractivity (Wildman–Crippen MR) is 45.8 cm³/mol. The van der Waals surface area contributed by atoms with Gasteiger partial charge < -0.3 is 5.73 Å². The van der Waals surface area contributed by atoms with Crippen LogP contribution in [0.2, 0.25) is 0 Å². The third kappa shape index (κ3) is 1.54. The maximum Gasteiger partial charge on any atom is 0.0522 e. The fourth-order valence-electron chi connectivity index (χ4n) is 1.44. The van der Waals surface area contributed by atoms with E-state index in [1.165, 1.54) is 11.3 Å². The smallest absolute Gasteiger partial charge is 0.0522 e. The number of rotatable bonds is 0. The number of aromatic amines is 1. The van der Waals surface area contributed by atoms with Gasteiger partial charge in [0.05, 0.1) is 6.20 Å². The average molecular weight is 174 g/mol. The van der Waals surface area contributed by atoms with Gasteiger partial charge in [-0.05, 0) is 24.8 Å². The first-order valence-corrected chi connectivity index (χ1v) is 3.63. The van der Waals surface area contributed by atoms with Gasteiger partial charge in [-0.25, -0.2) is 0 Å². The zero-order valence-corrected chi connectivity index (χ0v) is 7.03. The lowest BCUT2D eigenvalue weighted by atomic mass is 9.94. The average Bonchev–Trinajstić information content (AvgIpc) is 2.33. The van der Waals surface area contributed by atoms with Crippen molar-refractivity contribution in [2.24, 2.45) is 5.73 Å². The summed E-state index contributed by atoms with van der Waals surface area (Å²) in [6.07, 6.45) is 5.03. The van der Waals surface area contributed by atoms with Crippen molar-refractivity contribution in [3.05, 3.63) is 17.5 Å². The quantitative estimate of drug-likeness (QED) is 0.605. The zero-order valence-electron chi connectivity index (χ0n) is 6.21. The molecule has 0 radical (unpaired) electrons. The molecule has 1 aliphatic carbocycles. The monoisotopic (exact) mass is 173 g/mol. The van der Waals surface area contributed by atoms with Gasteiger partial charge in [-0.2, -0.15) is 5.10 Å². The highest BCUT2D eigenvalue weighted by molar-refractivity contribution is 5.85. The largest absolute Gasteiger partial charge is 0.327 e. The van der Waals surface area contributed by atoms with Gasteiger partial charge in [-0.15, -0.1) is 12.4 Å². The first kappa shape index (κ1) is 8.56. The third-order valence-electron chi connectivity index (χ3n) is 2.05. The summed E-state index contributed by atoms with van der Waals surface area (Å²) < 4.78 is 0. The summed E-state index contributed by atoms with van der Waals surface area (Å²) in [5.41, 5.74) is 8.35. The molecule has 11 heavy (non-hydrogen) atoms. The lowest BCUT2D eigenvalue weighted by Gasteiger charge is -2.16. The second-order valence-electron chi connectivity index (χ2n) is 2.88. The van der Waals surface area contributed by atoms with E-state index in [4.69, 9.17) is 5.73 Å². The summed E-state index contributed by atoms with van der Waals surface area (Å²) in [4.78, 5) is 0. The number of fused-ring (bicyclic) bond motifs is 1. The molecule has 0 amide bonds. The summed E-state index contributed by atoms with van der Waals surface area (Å²) in [5, 5.41) is 6.93. The normalized spacial score (nSPS) is 22.1. The van der Waals surface area contributed by atoms with Crippen LogP contribution < -0.4 is 5.73 Å². The minimum Gasteiger partial charge on any atom is -0.327 e. The molecule has 0 saturated carbocycles. The minimum atomic E-state index is 0. The van der Waals surface area contributed by atoms with Crippen molar-refractivity contribution in [1.82, 2.24) is 10.2 Å². The number of nitrogens with zero attached hydrogens (tertiary/aromatic N) is 1. The van der Waals surface area contributed by atoms with Crippen LogP contribution in [0.1, 0.15) is 17.7 Å². The van der Waals surface area contributed by atoms with Crippen molar-refractivity contribution in [3.8, 4) is 0 Å². The molecule has 2 rings (SSSR count). The van der Waals surface area contributed by atoms with Crippen molar-refractivity contribution in [3.63, 3.8) is 0 Å². The second kappa shape index (κ2) is 3.24. The SMILES string of the molecule is Cl.N[C@@H]1CCc2[nH]ncc2C1. The molecule has 0 aliphatic heterocycles. The van der Waals surface area contributed by atoms with E-state index in [0.717, 1.165) is 19.3 Å². The molecule has 1 atom stereocenters. The lowest BCUT2D eigenvalue weighted by molar-refractivity contribution is 0.571. The van der Waals surface area contributed by atoms with Crippen LogP contribution in [0.25, 0.3) is 0 Å². The highest BCUT2D eigenvalue weighted by Crippen LogP contribution is 2.16. The van der Waals surface area contributed by atoms with Crippen LogP contribution >= 0.6 is 12.4 Å². The fourth-order valence-corrected chi connectivity index (χ4v) is 1.44. The molecule has 1 aliphatic rings. The summed E-state index contributed by atoms with van der Waals surface area (Å²) in [5.74, 6) is 0. The van der Waals surface area contributed by atoms with Gasteiger partial charge in [-0.3, -0.25) is 5.10 Å². The molecule has 0 fully saturated rings. The van der Waals surface area contributed by atoms with Crippen LogP contribution in [-0.4, -0.2) is 16.2 Å². The Morgan fingerprint density at radius 3 is 3.27 bits per heavy atom. The molecule has 62 valence electrons. The van der Waals surface area contributed by atoms with E-state index >= 15 is 0 Å². The Bertz CT molecular complexity index is 233. The van der Waals surface area contributed by atoms with E-state index in [1.54, 1.807) is 0 Å². The maximum absolute atomic E-state index is 5.77. The molecule has 1 heterocycles. The summed E-state index contributed by atoms with van der Waals surface area (Å²) in [6, 6.07) is 0.352. The van der Waals surface area contributed by atoms with Gasteiger partial charge in [0.2, 0.25) is 0 Å². The van der Waals surface area contributed by atoms with E-state index < -0.39 is 0 Å². The summed E-state index contributed by atoms with van der Waals surface area (Å²) in [6.45, 7) is 0. The predicted octanol–water partition coefficient (Wildman–Crippen LogP) is 0.647. The molecule has 3 N–H and O–H groups in total. The molecule has 0 bridgehead atoms. The van der Waals surface area contributed by atoms with E-state index in [0.29, 0.717) is 6.04 Å². The standard InChI is InChI=1S/C7H11N3.ClH/c8-6-1-2-7-5(3-6)4-9-10-7;/h4,6H,1-3,8H2,(H,9,10);1H/t6-;/m1./s1. The minimum absolute atomic E-state index is 0. The number of nitrogens with two attached hydrogens (primary N) is 1. The second-order valence-corrected chi connectivity index (χ2v) is 2.88. The van der Waals surface area contributed by atoms with Gasteiger partial charge in [0.15, 0.2) is 0 Å². The van der Waals surface area contributed by atoms with E-state index in [-0.39, 0.29) is 12.4 Å². The molecule has 0 unspecified atom stereocenters. The molecule has 3 nitrogen and oxygen atoms in total. The number of hydrogen-bond donors (Lipinski definition) is 2. The number of halogens is 1. The van der Waals surface area contributed by atoms with Crippen molar-refractivity contribution in [2.45, 2.75) is 25.3 Å². The Hall–Kier alpha value is -0.540. The van der Waals surface area contributed by atoms with Crippen molar-refractivity contribution in [2.75, 3.05) is 0 Å². The maximum atomic E-state index is 5.77. The first-order chi connectivity index (χ1) is 4.86. The van der Waals surface area contributed by atoms with Crippen molar-refractivity contribution >= 4 is 12.4 Å². The van der Waals surface area contributed by atoms with Gasteiger partial charge in [0.1, 0.15) is 0 Å². The molecule has 1 aromatic rings.